The number of fused-ring (bicyclic) bond motifs is 7. The Kier molecular flexibility index (Phi) is 2.29. The molecule has 6 aromatic rings. The van der Waals surface area contributed by atoms with Gasteiger partial charge in [0.25, 0.3) is 0 Å². The van der Waals surface area contributed by atoms with Gasteiger partial charge >= 0.3 is 0 Å². The minimum Gasteiger partial charge on any atom is -0.354 e. The normalized spacial score (nSPS) is 12.2. The van der Waals surface area contributed by atoms with E-state index in [0.717, 1.165) is 0 Å². The van der Waals surface area contributed by atoms with Crippen LogP contribution in [-0.4, -0.2) is 4.98 Å². The molecule has 0 saturated heterocycles. The molecule has 2 heterocycles. The van der Waals surface area contributed by atoms with Crippen molar-refractivity contribution in [3.05, 3.63) is 72.8 Å². The monoisotopic (exact) mass is 323 g/mol. The first-order valence-corrected chi connectivity index (χ1v) is 8.94. The number of hydrogen-bond donors (Lipinski definition) is 1. The Morgan fingerprint density at radius 1 is 0.542 bits per heavy atom. The first-order valence-electron chi connectivity index (χ1n) is 8.12. The lowest BCUT2D eigenvalue weighted by Gasteiger charge is -1.98. The molecule has 0 aliphatic rings. The van der Waals surface area contributed by atoms with Crippen molar-refractivity contribution < 1.29 is 0 Å². The second-order valence-electron chi connectivity index (χ2n) is 6.36. The average Bonchev–Trinajstić information content (AvgIpc) is 3.14. The number of thiophene rings is 1. The Morgan fingerprint density at radius 3 is 2.17 bits per heavy atom. The summed E-state index contributed by atoms with van der Waals surface area (Å²) in [6, 6.07) is 26.5. The number of para-hydroxylation sites is 1. The van der Waals surface area contributed by atoms with Gasteiger partial charge in [-0.2, -0.15) is 0 Å². The molecule has 0 amide bonds. The van der Waals surface area contributed by atoms with Crippen molar-refractivity contribution in [3.63, 3.8) is 0 Å². The van der Waals surface area contributed by atoms with E-state index in [9.17, 15) is 0 Å². The summed E-state index contributed by atoms with van der Waals surface area (Å²) in [7, 11) is 0. The van der Waals surface area contributed by atoms with Crippen molar-refractivity contribution in [1.29, 1.82) is 0 Å². The summed E-state index contributed by atoms with van der Waals surface area (Å²) < 4.78 is 2.71. The second kappa shape index (κ2) is 4.37. The van der Waals surface area contributed by atoms with Crippen molar-refractivity contribution in [2.45, 2.75) is 0 Å². The maximum absolute atomic E-state index is 3.55. The maximum atomic E-state index is 3.55. The minimum absolute atomic E-state index is 1.21. The molecule has 0 atom stereocenters. The van der Waals surface area contributed by atoms with Gasteiger partial charge in [-0.05, 0) is 41.1 Å². The highest BCUT2D eigenvalue weighted by atomic mass is 32.1. The number of hydrogen-bond acceptors (Lipinski definition) is 1. The molecule has 0 fully saturated rings. The standard InChI is InChI=1S/C22H13NS/c1-2-6-14-10-21-17(9-13(14)5-1)18-11-16-15-7-3-4-8-19(15)23-20(16)12-22(18)24-21/h1-12,23H. The van der Waals surface area contributed by atoms with Crippen LogP contribution in [0.25, 0.3) is 52.8 Å². The Hall–Kier alpha value is -2.84. The molecule has 0 spiro atoms. The minimum atomic E-state index is 1.21. The Bertz CT molecular complexity index is 1400. The van der Waals surface area contributed by atoms with Crippen LogP contribution in [-0.2, 0) is 0 Å². The van der Waals surface area contributed by atoms with Crippen LogP contribution in [0.5, 0.6) is 0 Å². The Morgan fingerprint density at radius 2 is 1.25 bits per heavy atom. The number of aromatic amines is 1. The lowest BCUT2D eigenvalue weighted by atomic mass is 10.0. The first-order chi connectivity index (χ1) is 11.9. The van der Waals surface area contributed by atoms with Crippen LogP contribution in [0.4, 0.5) is 0 Å². The molecule has 0 saturated carbocycles. The van der Waals surface area contributed by atoms with Crippen LogP contribution in [0.15, 0.2) is 72.8 Å². The summed E-state index contributed by atoms with van der Waals surface area (Å²) in [4.78, 5) is 3.55. The molecule has 1 N–H and O–H groups in total. The fraction of sp³-hybridized carbons (Fsp3) is 0. The van der Waals surface area contributed by atoms with E-state index in [0.29, 0.717) is 0 Å². The molecule has 0 bridgehead atoms. The SMILES string of the molecule is c1ccc2cc3c(cc2c1)sc1cc2[nH]c4ccccc4c2cc13. The van der Waals surface area contributed by atoms with E-state index in [-0.39, 0.29) is 0 Å². The first kappa shape index (κ1) is 12.6. The third-order valence-electron chi connectivity index (χ3n) is 4.96. The van der Waals surface area contributed by atoms with Gasteiger partial charge in [-0.1, -0.05) is 42.5 Å². The van der Waals surface area contributed by atoms with Gasteiger partial charge in [-0.15, -0.1) is 11.3 Å². The summed E-state index contributed by atoms with van der Waals surface area (Å²) in [5.74, 6) is 0. The highest BCUT2D eigenvalue weighted by Crippen LogP contribution is 2.39. The third kappa shape index (κ3) is 1.58. The highest BCUT2D eigenvalue weighted by molar-refractivity contribution is 7.26. The van der Waals surface area contributed by atoms with Crippen LogP contribution in [0.1, 0.15) is 0 Å². The summed E-state index contributed by atoms with van der Waals surface area (Å²) >= 11 is 1.88. The third-order valence-corrected chi connectivity index (χ3v) is 6.08. The van der Waals surface area contributed by atoms with Gasteiger partial charge in [-0.25, -0.2) is 0 Å². The van der Waals surface area contributed by atoms with Gasteiger partial charge in [0.1, 0.15) is 0 Å². The predicted octanol–water partition coefficient (Wildman–Crippen LogP) is 6.84. The number of nitrogens with one attached hydrogen (secondary N) is 1. The van der Waals surface area contributed by atoms with E-state index in [4.69, 9.17) is 0 Å². The van der Waals surface area contributed by atoms with E-state index in [1.165, 1.54) is 52.8 Å². The quantitative estimate of drug-likeness (QED) is 0.315. The summed E-state index contributed by atoms with van der Waals surface area (Å²) in [6.07, 6.45) is 0. The molecule has 0 aliphatic heterocycles. The zero-order valence-corrected chi connectivity index (χ0v) is 13.7. The molecule has 4 aromatic carbocycles. The fourth-order valence-electron chi connectivity index (χ4n) is 3.81. The predicted molar refractivity (Wildman–Crippen MR) is 106 cm³/mol. The topological polar surface area (TPSA) is 15.8 Å². The summed E-state index contributed by atoms with van der Waals surface area (Å²) in [5, 5.41) is 7.95. The lowest BCUT2D eigenvalue weighted by Crippen LogP contribution is -1.72. The smallest absolute Gasteiger partial charge is 0.0479 e. The molecule has 0 unspecified atom stereocenters. The number of rotatable bonds is 0. The zero-order valence-electron chi connectivity index (χ0n) is 12.8. The summed E-state index contributed by atoms with van der Waals surface area (Å²) in [6.45, 7) is 0. The summed E-state index contributed by atoms with van der Waals surface area (Å²) in [5.41, 5.74) is 2.43. The fourth-order valence-corrected chi connectivity index (χ4v) is 4.96. The molecule has 24 heavy (non-hydrogen) atoms. The van der Waals surface area contributed by atoms with Crippen LogP contribution in [0.3, 0.4) is 0 Å². The van der Waals surface area contributed by atoms with Crippen molar-refractivity contribution in [2.75, 3.05) is 0 Å². The van der Waals surface area contributed by atoms with E-state index >= 15 is 0 Å². The molecule has 0 radical (unpaired) electrons. The number of benzene rings is 4. The van der Waals surface area contributed by atoms with Crippen molar-refractivity contribution in [1.82, 2.24) is 4.98 Å². The molecule has 6 rings (SSSR count). The van der Waals surface area contributed by atoms with E-state index in [2.05, 4.69) is 77.8 Å². The molecule has 2 aromatic heterocycles. The Balaban J connectivity index is 1.82. The molecule has 112 valence electrons. The van der Waals surface area contributed by atoms with Crippen LogP contribution >= 0.6 is 11.3 Å². The Labute approximate surface area is 142 Å². The second-order valence-corrected chi connectivity index (χ2v) is 7.45. The highest BCUT2D eigenvalue weighted by Gasteiger charge is 2.10. The van der Waals surface area contributed by atoms with Crippen molar-refractivity contribution >= 4 is 64.1 Å². The number of H-pyrrole nitrogens is 1. The van der Waals surface area contributed by atoms with E-state index in [1.807, 2.05) is 11.3 Å². The van der Waals surface area contributed by atoms with Gasteiger partial charge in [-0.3, -0.25) is 0 Å². The molecule has 0 aliphatic carbocycles. The van der Waals surface area contributed by atoms with Crippen molar-refractivity contribution in [3.8, 4) is 0 Å². The largest absolute Gasteiger partial charge is 0.354 e. The average molecular weight is 323 g/mol. The molecular formula is C22H13NS. The molecule has 1 nitrogen and oxygen atoms in total. The van der Waals surface area contributed by atoms with E-state index in [1.54, 1.807) is 0 Å². The van der Waals surface area contributed by atoms with Gasteiger partial charge in [0.05, 0.1) is 0 Å². The van der Waals surface area contributed by atoms with Gasteiger partial charge < -0.3 is 4.98 Å². The van der Waals surface area contributed by atoms with Crippen LogP contribution in [0.2, 0.25) is 0 Å². The zero-order chi connectivity index (χ0) is 15.7. The van der Waals surface area contributed by atoms with Crippen molar-refractivity contribution in [2.24, 2.45) is 0 Å². The number of aromatic nitrogens is 1. The lowest BCUT2D eigenvalue weighted by molar-refractivity contribution is 1.56. The van der Waals surface area contributed by atoms with Gasteiger partial charge in [0, 0.05) is 42.0 Å². The van der Waals surface area contributed by atoms with E-state index < -0.39 is 0 Å². The van der Waals surface area contributed by atoms with Crippen LogP contribution in [0, 0.1) is 0 Å². The van der Waals surface area contributed by atoms with Gasteiger partial charge in [0.15, 0.2) is 0 Å². The van der Waals surface area contributed by atoms with Gasteiger partial charge in [0.2, 0.25) is 0 Å². The maximum Gasteiger partial charge on any atom is 0.0479 e. The molecule has 2 heteroatoms. The molecular weight excluding hydrogens is 310 g/mol. The van der Waals surface area contributed by atoms with Crippen LogP contribution < -0.4 is 0 Å².